The van der Waals surface area contributed by atoms with Crippen molar-refractivity contribution >= 4 is 15.9 Å². The summed E-state index contributed by atoms with van der Waals surface area (Å²) in [6.07, 6.45) is 1.85. The average molecular weight is 336 g/mol. The van der Waals surface area contributed by atoms with Gasteiger partial charge in [0.05, 0.1) is 0 Å². The van der Waals surface area contributed by atoms with Crippen molar-refractivity contribution in [1.82, 2.24) is 5.32 Å². The van der Waals surface area contributed by atoms with E-state index in [2.05, 4.69) is 46.4 Å². The summed E-state index contributed by atoms with van der Waals surface area (Å²) in [5.74, 6) is -0.181. The van der Waals surface area contributed by atoms with Gasteiger partial charge in [-0.3, -0.25) is 0 Å². The van der Waals surface area contributed by atoms with E-state index < -0.39 is 0 Å². The first-order chi connectivity index (χ1) is 9.69. The highest BCUT2D eigenvalue weighted by Gasteiger charge is 2.11. The normalized spacial score (nSPS) is 12.3. The molecular formula is C17H19BrFN. The van der Waals surface area contributed by atoms with Crippen LogP contribution in [0.4, 0.5) is 4.39 Å². The van der Waals surface area contributed by atoms with Crippen molar-refractivity contribution in [1.29, 1.82) is 0 Å². The van der Waals surface area contributed by atoms with Crippen molar-refractivity contribution in [3.8, 4) is 0 Å². The molecule has 0 spiro atoms. The summed E-state index contributed by atoms with van der Waals surface area (Å²) >= 11 is 3.59. The predicted octanol–water partition coefficient (Wildman–Crippen LogP) is 4.35. The molecule has 106 valence electrons. The highest BCUT2D eigenvalue weighted by Crippen LogP contribution is 2.19. The van der Waals surface area contributed by atoms with E-state index in [-0.39, 0.29) is 5.82 Å². The Kier molecular flexibility index (Phi) is 5.74. The quantitative estimate of drug-likeness (QED) is 0.827. The van der Waals surface area contributed by atoms with Crippen molar-refractivity contribution in [3.05, 3.63) is 69.9 Å². The van der Waals surface area contributed by atoms with Gasteiger partial charge >= 0.3 is 0 Å². The van der Waals surface area contributed by atoms with E-state index in [4.69, 9.17) is 0 Å². The molecule has 2 rings (SSSR count). The van der Waals surface area contributed by atoms with Crippen LogP contribution in [0, 0.1) is 5.82 Å². The summed E-state index contributed by atoms with van der Waals surface area (Å²) in [5, 5.41) is 3.51. The van der Waals surface area contributed by atoms with Crippen LogP contribution in [0.25, 0.3) is 0 Å². The molecule has 0 aliphatic heterocycles. The molecule has 2 aromatic carbocycles. The molecule has 2 aromatic rings. The third-order valence-corrected chi connectivity index (χ3v) is 4.09. The van der Waals surface area contributed by atoms with Crippen molar-refractivity contribution in [2.24, 2.45) is 0 Å². The van der Waals surface area contributed by atoms with Crippen LogP contribution in [-0.4, -0.2) is 12.6 Å². The Hall–Kier alpha value is -1.19. The lowest BCUT2D eigenvalue weighted by atomic mass is 9.99. The molecule has 1 unspecified atom stereocenters. The SMILES string of the molecule is CCNC(Cc1ccc(F)cc1)Cc1ccccc1Br. The molecule has 0 fully saturated rings. The number of halogens is 2. The van der Waals surface area contributed by atoms with Crippen molar-refractivity contribution < 1.29 is 4.39 Å². The molecule has 0 aromatic heterocycles. The Morgan fingerprint density at radius 1 is 1.05 bits per heavy atom. The second-order valence-electron chi connectivity index (χ2n) is 4.88. The van der Waals surface area contributed by atoms with Crippen molar-refractivity contribution in [2.45, 2.75) is 25.8 Å². The number of nitrogens with one attached hydrogen (secondary N) is 1. The first kappa shape index (κ1) is 15.2. The lowest BCUT2D eigenvalue weighted by Gasteiger charge is -2.19. The van der Waals surface area contributed by atoms with Crippen LogP contribution in [0.3, 0.4) is 0 Å². The van der Waals surface area contributed by atoms with Gasteiger partial charge in [-0.05, 0) is 48.7 Å². The highest BCUT2D eigenvalue weighted by atomic mass is 79.9. The topological polar surface area (TPSA) is 12.0 Å². The molecular weight excluding hydrogens is 317 g/mol. The molecule has 3 heteroatoms. The van der Waals surface area contributed by atoms with Crippen LogP contribution in [0.5, 0.6) is 0 Å². The zero-order valence-corrected chi connectivity index (χ0v) is 13.2. The minimum absolute atomic E-state index is 0.181. The highest BCUT2D eigenvalue weighted by molar-refractivity contribution is 9.10. The summed E-state index contributed by atoms with van der Waals surface area (Å²) in [4.78, 5) is 0. The maximum absolute atomic E-state index is 13.0. The van der Waals surface area contributed by atoms with Gasteiger partial charge in [0.1, 0.15) is 5.82 Å². The fourth-order valence-electron chi connectivity index (χ4n) is 2.34. The predicted molar refractivity (Wildman–Crippen MR) is 85.4 cm³/mol. The summed E-state index contributed by atoms with van der Waals surface area (Å²) < 4.78 is 14.1. The van der Waals surface area contributed by atoms with E-state index in [1.807, 2.05) is 18.2 Å². The fraction of sp³-hybridized carbons (Fsp3) is 0.294. The monoisotopic (exact) mass is 335 g/mol. The number of benzene rings is 2. The molecule has 1 N–H and O–H groups in total. The maximum Gasteiger partial charge on any atom is 0.123 e. The van der Waals surface area contributed by atoms with E-state index >= 15 is 0 Å². The van der Waals surface area contributed by atoms with Crippen LogP contribution in [0.15, 0.2) is 53.0 Å². The van der Waals surface area contributed by atoms with Gasteiger partial charge < -0.3 is 5.32 Å². The smallest absolute Gasteiger partial charge is 0.123 e. The van der Waals surface area contributed by atoms with Gasteiger partial charge in [0.15, 0.2) is 0 Å². The molecule has 20 heavy (non-hydrogen) atoms. The number of hydrogen-bond acceptors (Lipinski definition) is 1. The Labute approximate surface area is 128 Å². The van der Waals surface area contributed by atoms with Gasteiger partial charge in [-0.25, -0.2) is 4.39 Å². The molecule has 1 nitrogen and oxygen atoms in total. The number of rotatable bonds is 6. The Morgan fingerprint density at radius 2 is 1.75 bits per heavy atom. The van der Waals surface area contributed by atoms with E-state index in [0.717, 1.165) is 29.4 Å². The lowest BCUT2D eigenvalue weighted by Crippen LogP contribution is -2.33. The van der Waals surface area contributed by atoms with Gasteiger partial charge in [0.25, 0.3) is 0 Å². The standard InChI is InChI=1S/C17H19BrFN/c1-2-20-16(11-13-7-9-15(19)10-8-13)12-14-5-3-4-6-17(14)18/h3-10,16,20H,2,11-12H2,1H3. The second kappa shape index (κ2) is 7.55. The Balaban J connectivity index is 2.07. The molecule has 0 saturated heterocycles. The summed E-state index contributed by atoms with van der Waals surface area (Å²) in [6.45, 7) is 3.04. The third kappa shape index (κ3) is 4.43. The van der Waals surface area contributed by atoms with Crippen LogP contribution >= 0.6 is 15.9 Å². The van der Waals surface area contributed by atoms with Gasteiger partial charge in [-0.2, -0.15) is 0 Å². The van der Waals surface area contributed by atoms with Gasteiger partial charge in [0.2, 0.25) is 0 Å². The van der Waals surface area contributed by atoms with E-state index in [1.165, 1.54) is 17.7 Å². The van der Waals surface area contributed by atoms with Crippen LogP contribution < -0.4 is 5.32 Å². The largest absolute Gasteiger partial charge is 0.314 e. The third-order valence-electron chi connectivity index (χ3n) is 3.31. The van der Waals surface area contributed by atoms with Gasteiger partial charge in [-0.15, -0.1) is 0 Å². The first-order valence-corrected chi connectivity index (χ1v) is 7.69. The first-order valence-electron chi connectivity index (χ1n) is 6.90. The van der Waals surface area contributed by atoms with Crippen molar-refractivity contribution in [3.63, 3.8) is 0 Å². The van der Waals surface area contributed by atoms with Crippen molar-refractivity contribution in [2.75, 3.05) is 6.54 Å². The molecule has 0 aliphatic carbocycles. The molecule has 0 aliphatic rings. The molecule has 0 amide bonds. The van der Waals surface area contributed by atoms with Crippen LogP contribution in [0.2, 0.25) is 0 Å². The Bertz CT molecular complexity index is 539. The molecule has 0 heterocycles. The maximum atomic E-state index is 13.0. The summed E-state index contributed by atoms with van der Waals surface area (Å²) in [5.41, 5.74) is 2.45. The van der Waals surface area contributed by atoms with E-state index in [9.17, 15) is 4.39 Å². The number of likely N-dealkylation sites (N-methyl/N-ethyl adjacent to an activating group) is 1. The minimum atomic E-state index is -0.181. The van der Waals surface area contributed by atoms with E-state index in [1.54, 1.807) is 0 Å². The summed E-state index contributed by atoms with van der Waals surface area (Å²) in [7, 11) is 0. The molecule has 0 bridgehead atoms. The zero-order valence-electron chi connectivity index (χ0n) is 11.6. The average Bonchev–Trinajstić information content (AvgIpc) is 2.44. The second-order valence-corrected chi connectivity index (χ2v) is 5.74. The van der Waals surface area contributed by atoms with Crippen LogP contribution in [0.1, 0.15) is 18.1 Å². The van der Waals surface area contributed by atoms with Crippen LogP contribution in [-0.2, 0) is 12.8 Å². The summed E-state index contributed by atoms with van der Waals surface area (Å²) in [6, 6.07) is 15.4. The number of hydrogen-bond donors (Lipinski definition) is 1. The van der Waals surface area contributed by atoms with Gasteiger partial charge in [0, 0.05) is 10.5 Å². The minimum Gasteiger partial charge on any atom is -0.314 e. The lowest BCUT2D eigenvalue weighted by molar-refractivity contribution is 0.520. The Morgan fingerprint density at radius 3 is 2.40 bits per heavy atom. The zero-order chi connectivity index (χ0) is 14.4. The molecule has 0 radical (unpaired) electrons. The molecule has 0 saturated carbocycles. The van der Waals surface area contributed by atoms with Gasteiger partial charge in [-0.1, -0.05) is 53.2 Å². The van der Waals surface area contributed by atoms with E-state index in [0.29, 0.717) is 6.04 Å². The molecule has 1 atom stereocenters. The fourth-order valence-corrected chi connectivity index (χ4v) is 2.79.